The molecule has 2 heterocycles. The highest BCUT2D eigenvalue weighted by atomic mass is 16.5. The number of aryl methyl sites for hydroxylation is 2. The Kier molecular flexibility index (Phi) is 5.23. The Hall–Kier alpha value is -2.96. The normalized spacial score (nSPS) is 12.1. The quantitative estimate of drug-likeness (QED) is 0.714. The minimum absolute atomic E-state index is 0.0268. The van der Waals surface area contributed by atoms with Crippen LogP contribution < -0.4 is 5.32 Å². The van der Waals surface area contributed by atoms with Crippen molar-refractivity contribution in [2.75, 3.05) is 0 Å². The fraction of sp³-hybridized carbons (Fsp3) is 0.333. The zero-order valence-corrected chi connectivity index (χ0v) is 14.3. The molecule has 0 spiro atoms. The van der Waals surface area contributed by atoms with Gasteiger partial charge in [0, 0.05) is 12.0 Å². The highest BCUT2D eigenvalue weighted by Gasteiger charge is 2.17. The number of hydrogen-bond donors (Lipinski definition) is 1. The van der Waals surface area contributed by atoms with Gasteiger partial charge in [-0.2, -0.15) is 15.0 Å². The summed E-state index contributed by atoms with van der Waals surface area (Å²) in [5.74, 6) is 0.742. The van der Waals surface area contributed by atoms with E-state index in [-0.39, 0.29) is 11.9 Å². The molecule has 3 aromatic rings. The molecule has 1 atom stereocenters. The van der Waals surface area contributed by atoms with Gasteiger partial charge in [0.2, 0.25) is 5.91 Å². The van der Waals surface area contributed by atoms with Crippen LogP contribution in [0.3, 0.4) is 0 Å². The van der Waals surface area contributed by atoms with Crippen LogP contribution in [0.25, 0.3) is 0 Å². The molecule has 1 aromatic carbocycles. The maximum Gasteiger partial charge on any atom is 0.220 e. The van der Waals surface area contributed by atoms with Gasteiger partial charge in [0.05, 0.1) is 30.7 Å². The van der Waals surface area contributed by atoms with E-state index in [1.165, 1.54) is 0 Å². The van der Waals surface area contributed by atoms with E-state index < -0.39 is 0 Å². The highest BCUT2D eigenvalue weighted by molar-refractivity contribution is 5.76. The van der Waals surface area contributed by atoms with Crippen molar-refractivity contribution in [3.63, 3.8) is 0 Å². The molecule has 1 N–H and O–H groups in total. The third kappa shape index (κ3) is 4.32. The molecule has 7 nitrogen and oxygen atoms in total. The smallest absolute Gasteiger partial charge is 0.220 e. The van der Waals surface area contributed by atoms with Crippen LogP contribution in [0, 0.1) is 13.8 Å². The Labute approximate surface area is 146 Å². The molecule has 0 saturated heterocycles. The van der Waals surface area contributed by atoms with Gasteiger partial charge in [-0.25, -0.2) is 0 Å². The molecule has 0 aliphatic rings. The van der Waals surface area contributed by atoms with Crippen LogP contribution in [0.4, 0.5) is 0 Å². The molecule has 0 unspecified atom stereocenters. The number of amides is 1. The van der Waals surface area contributed by atoms with E-state index in [1.54, 1.807) is 17.2 Å². The highest BCUT2D eigenvalue weighted by Crippen LogP contribution is 2.17. The fourth-order valence-corrected chi connectivity index (χ4v) is 2.78. The number of carbonyl (C=O) groups is 1. The Morgan fingerprint density at radius 2 is 1.92 bits per heavy atom. The molecule has 25 heavy (non-hydrogen) atoms. The van der Waals surface area contributed by atoms with Gasteiger partial charge in [0.15, 0.2) is 0 Å². The van der Waals surface area contributed by atoms with Crippen molar-refractivity contribution in [3.05, 3.63) is 65.3 Å². The predicted octanol–water partition coefficient (Wildman–Crippen LogP) is 2.37. The lowest BCUT2D eigenvalue weighted by molar-refractivity contribution is -0.121. The monoisotopic (exact) mass is 339 g/mol. The SMILES string of the molecule is Cc1noc(C)c1CCC(=O)N[C@H](Cn1nccn1)c1ccccc1. The van der Waals surface area contributed by atoms with E-state index in [4.69, 9.17) is 4.52 Å². The molecule has 0 aliphatic carbocycles. The summed E-state index contributed by atoms with van der Waals surface area (Å²) >= 11 is 0. The van der Waals surface area contributed by atoms with Crippen molar-refractivity contribution in [1.29, 1.82) is 0 Å². The summed E-state index contributed by atoms with van der Waals surface area (Å²) in [5, 5.41) is 15.3. The van der Waals surface area contributed by atoms with Crippen molar-refractivity contribution in [3.8, 4) is 0 Å². The Balaban J connectivity index is 1.66. The first kappa shape index (κ1) is 16.9. The van der Waals surface area contributed by atoms with E-state index in [0.29, 0.717) is 19.4 Å². The van der Waals surface area contributed by atoms with E-state index in [1.807, 2.05) is 44.2 Å². The molecule has 2 aromatic heterocycles. The number of rotatable bonds is 7. The van der Waals surface area contributed by atoms with Crippen molar-refractivity contribution in [2.45, 2.75) is 39.3 Å². The summed E-state index contributed by atoms with van der Waals surface area (Å²) in [6, 6.07) is 9.65. The topological polar surface area (TPSA) is 85.8 Å². The number of carbonyl (C=O) groups excluding carboxylic acids is 1. The minimum atomic E-state index is -0.189. The third-order valence-corrected chi connectivity index (χ3v) is 4.13. The van der Waals surface area contributed by atoms with Crippen molar-refractivity contribution in [1.82, 2.24) is 25.5 Å². The first-order valence-corrected chi connectivity index (χ1v) is 8.23. The van der Waals surface area contributed by atoms with Crippen molar-refractivity contribution in [2.24, 2.45) is 0 Å². The lowest BCUT2D eigenvalue weighted by Gasteiger charge is -2.18. The van der Waals surface area contributed by atoms with E-state index >= 15 is 0 Å². The second kappa shape index (κ2) is 7.74. The zero-order valence-electron chi connectivity index (χ0n) is 14.3. The molecule has 0 aliphatic heterocycles. The average molecular weight is 339 g/mol. The molecule has 130 valence electrons. The molecule has 0 saturated carbocycles. The van der Waals surface area contributed by atoms with Gasteiger partial charge >= 0.3 is 0 Å². The van der Waals surface area contributed by atoms with E-state index in [2.05, 4.69) is 20.7 Å². The second-order valence-corrected chi connectivity index (χ2v) is 5.92. The summed E-state index contributed by atoms with van der Waals surface area (Å²) < 4.78 is 5.15. The molecule has 0 fully saturated rings. The van der Waals surface area contributed by atoms with E-state index in [0.717, 1.165) is 22.6 Å². The lowest BCUT2D eigenvalue weighted by Crippen LogP contribution is -2.32. The molecular weight excluding hydrogens is 318 g/mol. The fourth-order valence-electron chi connectivity index (χ4n) is 2.78. The van der Waals surface area contributed by atoms with Crippen LogP contribution in [0.1, 0.15) is 35.0 Å². The summed E-state index contributed by atoms with van der Waals surface area (Å²) in [5.41, 5.74) is 2.86. The van der Waals surface area contributed by atoms with Gasteiger partial charge in [0.1, 0.15) is 5.76 Å². The van der Waals surface area contributed by atoms with Gasteiger partial charge in [-0.1, -0.05) is 35.5 Å². The summed E-state index contributed by atoms with van der Waals surface area (Å²) in [4.78, 5) is 14.0. The Bertz CT molecular complexity index is 792. The van der Waals surface area contributed by atoms with Gasteiger partial charge in [-0.05, 0) is 25.8 Å². The number of benzene rings is 1. The van der Waals surface area contributed by atoms with Gasteiger partial charge in [-0.3, -0.25) is 4.79 Å². The van der Waals surface area contributed by atoms with E-state index in [9.17, 15) is 4.79 Å². The predicted molar refractivity (Wildman–Crippen MR) is 91.6 cm³/mol. The zero-order chi connectivity index (χ0) is 17.6. The maximum atomic E-state index is 12.5. The number of aromatic nitrogens is 4. The maximum absolute atomic E-state index is 12.5. The van der Waals surface area contributed by atoms with Gasteiger partial charge < -0.3 is 9.84 Å². The molecule has 0 bridgehead atoms. The van der Waals surface area contributed by atoms with Crippen LogP contribution in [0.2, 0.25) is 0 Å². The first-order valence-electron chi connectivity index (χ1n) is 8.23. The van der Waals surface area contributed by atoms with Crippen LogP contribution in [-0.2, 0) is 17.8 Å². The van der Waals surface area contributed by atoms with Crippen LogP contribution in [-0.4, -0.2) is 26.1 Å². The average Bonchev–Trinajstić information content (AvgIpc) is 3.24. The van der Waals surface area contributed by atoms with Crippen LogP contribution in [0.5, 0.6) is 0 Å². The van der Waals surface area contributed by atoms with Crippen LogP contribution in [0.15, 0.2) is 47.2 Å². The number of nitrogens with one attached hydrogen (secondary N) is 1. The van der Waals surface area contributed by atoms with Gasteiger partial charge in [0.25, 0.3) is 0 Å². The van der Waals surface area contributed by atoms with Gasteiger partial charge in [-0.15, -0.1) is 0 Å². The summed E-state index contributed by atoms with van der Waals surface area (Å²) in [6.07, 6.45) is 4.23. The molecule has 0 radical (unpaired) electrons. The largest absolute Gasteiger partial charge is 0.361 e. The Morgan fingerprint density at radius 1 is 1.20 bits per heavy atom. The summed E-state index contributed by atoms with van der Waals surface area (Å²) in [7, 11) is 0. The minimum Gasteiger partial charge on any atom is -0.361 e. The molecule has 7 heteroatoms. The standard InChI is InChI=1S/C18H21N5O2/c1-13-16(14(2)25-22-13)8-9-18(24)21-17(12-23-19-10-11-20-23)15-6-4-3-5-7-15/h3-7,10-11,17H,8-9,12H2,1-2H3,(H,21,24)/t17-/m1/s1. The van der Waals surface area contributed by atoms with Crippen LogP contribution >= 0.6 is 0 Å². The summed E-state index contributed by atoms with van der Waals surface area (Å²) in [6.45, 7) is 4.23. The van der Waals surface area contributed by atoms with Crippen molar-refractivity contribution >= 4 is 5.91 Å². The second-order valence-electron chi connectivity index (χ2n) is 5.92. The Morgan fingerprint density at radius 3 is 2.56 bits per heavy atom. The third-order valence-electron chi connectivity index (χ3n) is 4.13. The molecular formula is C18H21N5O2. The first-order chi connectivity index (χ1) is 12.1. The molecule has 3 rings (SSSR count). The van der Waals surface area contributed by atoms with Crippen molar-refractivity contribution < 1.29 is 9.32 Å². The number of hydrogen-bond acceptors (Lipinski definition) is 5. The molecule has 1 amide bonds. The lowest BCUT2D eigenvalue weighted by atomic mass is 10.1. The number of nitrogens with zero attached hydrogens (tertiary/aromatic N) is 4.